The number of ether oxygens (including phenoxy) is 1. The zero-order valence-corrected chi connectivity index (χ0v) is 17.3. The molecule has 2 aromatic rings. The van der Waals surface area contributed by atoms with Crippen LogP contribution in [0.4, 0.5) is 5.69 Å². The van der Waals surface area contributed by atoms with Crippen LogP contribution in [0, 0.1) is 11.8 Å². The molecule has 2 N–H and O–H groups in total. The predicted octanol–water partition coefficient (Wildman–Crippen LogP) is 1.69. The number of para-hydroxylation sites is 1. The van der Waals surface area contributed by atoms with Crippen LogP contribution >= 0.6 is 0 Å². The van der Waals surface area contributed by atoms with Gasteiger partial charge in [0.15, 0.2) is 0 Å². The van der Waals surface area contributed by atoms with Crippen molar-refractivity contribution in [3.05, 3.63) is 65.7 Å². The van der Waals surface area contributed by atoms with Crippen LogP contribution in [0.5, 0.6) is 0 Å². The molecule has 3 aliphatic heterocycles. The van der Waals surface area contributed by atoms with E-state index < -0.39 is 17.4 Å². The maximum absolute atomic E-state index is 13.6. The van der Waals surface area contributed by atoms with E-state index in [4.69, 9.17) is 4.74 Å². The van der Waals surface area contributed by atoms with Crippen LogP contribution in [-0.4, -0.2) is 48.9 Å². The van der Waals surface area contributed by atoms with Gasteiger partial charge in [-0.15, -0.1) is 0 Å². The summed E-state index contributed by atoms with van der Waals surface area (Å²) >= 11 is 0. The quantitative estimate of drug-likeness (QED) is 0.550. The fraction of sp³-hybridized carbons (Fsp3) is 0.375. The molecule has 0 aromatic heterocycles. The van der Waals surface area contributed by atoms with Gasteiger partial charge in [-0.05, 0) is 24.5 Å². The average molecular weight is 419 g/mol. The molecule has 3 aliphatic rings. The fourth-order valence-electron chi connectivity index (χ4n) is 5.45. The van der Waals surface area contributed by atoms with E-state index in [0.29, 0.717) is 31.7 Å². The number of anilines is 1. The minimum atomic E-state index is -1.23. The van der Waals surface area contributed by atoms with Crippen molar-refractivity contribution >= 4 is 23.4 Å². The van der Waals surface area contributed by atoms with Gasteiger partial charge in [-0.1, -0.05) is 48.5 Å². The normalized spacial score (nSPS) is 28.9. The Hall–Kier alpha value is -3.03. The lowest BCUT2D eigenvalue weighted by Gasteiger charge is -2.29. The van der Waals surface area contributed by atoms with Gasteiger partial charge in [0.1, 0.15) is 5.54 Å². The third kappa shape index (κ3) is 2.91. The first-order chi connectivity index (χ1) is 15.1. The van der Waals surface area contributed by atoms with Gasteiger partial charge in [0.2, 0.25) is 17.7 Å². The van der Waals surface area contributed by atoms with E-state index in [1.165, 1.54) is 4.90 Å². The molecular weight excluding hydrogens is 394 g/mol. The van der Waals surface area contributed by atoms with Crippen molar-refractivity contribution < 1.29 is 19.1 Å². The second-order valence-corrected chi connectivity index (χ2v) is 8.43. The van der Waals surface area contributed by atoms with E-state index in [1.807, 2.05) is 54.6 Å². The van der Waals surface area contributed by atoms with Gasteiger partial charge < -0.3 is 10.1 Å². The summed E-state index contributed by atoms with van der Waals surface area (Å²) in [6.07, 6.45) is 1.13. The van der Waals surface area contributed by atoms with Gasteiger partial charge in [0, 0.05) is 37.6 Å². The lowest BCUT2D eigenvalue weighted by molar-refractivity contribution is -0.143. The van der Waals surface area contributed by atoms with Crippen LogP contribution in [0.2, 0.25) is 0 Å². The van der Waals surface area contributed by atoms with Crippen molar-refractivity contribution in [2.75, 3.05) is 25.6 Å². The molecule has 2 fully saturated rings. The molecule has 7 heteroatoms. The third-order valence-corrected chi connectivity index (χ3v) is 6.74. The molecule has 0 radical (unpaired) electrons. The van der Waals surface area contributed by atoms with Crippen molar-refractivity contribution in [3.8, 4) is 0 Å². The molecule has 1 spiro atoms. The molecule has 0 saturated carbocycles. The van der Waals surface area contributed by atoms with Crippen LogP contribution in [-0.2, 0) is 31.1 Å². The highest BCUT2D eigenvalue weighted by Gasteiger charge is 2.70. The monoisotopic (exact) mass is 419 g/mol. The highest BCUT2D eigenvalue weighted by molar-refractivity contribution is 6.15. The Bertz CT molecular complexity index is 1040. The summed E-state index contributed by atoms with van der Waals surface area (Å²) in [5, 5.41) is 6.39. The van der Waals surface area contributed by atoms with Gasteiger partial charge in [-0.25, -0.2) is 0 Å². The van der Waals surface area contributed by atoms with Crippen LogP contribution in [0.3, 0.4) is 0 Å². The van der Waals surface area contributed by atoms with Gasteiger partial charge >= 0.3 is 0 Å². The molecule has 160 valence electrons. The standard InChI is InChI=1S/C24H25N3O4/c1-31-13-7-12-27-21(28)19-18(14-15-8-3-2-4-9-15)26-24(20(19)22(27)29)16-10-5-6-11-17(16)25-23(24)30/h2-6,8-11,18-20,26H,7,12-14H2,1H3,(H,25,30)/t18-,19+,20-,24-/m0/s1. The van der Waals surface area contributed by atoms with E-state index in [0.717, 1.165) is 11.1 Å². The molecule has 2 aromatic carbocycles. The highest BCUT2D eigenvalue weighted by atomic mass is 16.5. The number of amides is 3. The first-order valence-corrected chi connectivity index (χ1v) is 10.6. The maximum atomic E-state index is 13.6. The molecule has 5 rings (SSSR count). The Morgan fingerprint density at radius 3 is 2.52 bits per heavy atom. The van der Waals surface area contributed by atoms with Crippen LogP contribution in [0.25, 0.3) is 0 Å². The zero-order chi connectivity index (χ0) is 21.6. The average Bonchev–Trinajstić information content (AvgIpc) is 3.35. The summed E-state index contributed by atoms with van der Waals surface area (Å²) < 4.78 is 5.10. The van der Waals surface area contributed by atoms with E-state index in [9.17, 15) is 14.4 Å². The molecule has 3 heterocycles. The van der Waals surface area contributed by atoms with Crippen molar-refractivity contribution in [1.82, 2.24) is 10.2 Å². The summed E-state index contributed by atoms with van der Waals surface area (Å²) in [6, 6.07) is 16.9. The lowest BCUT2D eigenvalue weighted by atomic mass is 9.76. The maximum Gasteiger partial charge on any atom is 0.250 e. The minimum Gasteiger partial charge on any atom is -0.385 e. The molecule has 0 unspecified atom stereocenters. The predicted molar refractivity (Wildman–Crippen MR) is 114 cm³/mol. The Morgan fingerprint density at radius 1 is 1.00 bits per heavy atom. The molecule has 31 heavy (non-hydrogen) atoms. The van der Waals surface area contributed by atoms with Gasteiger partial charge in [0.25, 0.3) is 0 Å². The SMILES string of the molecule is COCCCN1C(=O)[C@@H]2[C@H](Cc3ccccc3)N[C@]3(C(=O)Nc4ccccc43)[C@@H]2C1=O. The number of benzene rings is 2. The van der Waals surface area contributed by atoms with Crippen LogP contribution in [0.15, 0.2) is 54.6 Å². The lowest BCUT2D eigenvalue weighted by Crippen LogP contribution is -2.53. The Labute approximate surface area is 180 Å². The number of carbonyl (C=O) groups excluding carboxylic acids is 3. The molecule has 0 aliphatic carbocycles. The number of methoxy groups -OCH3 is 1. The molecule has 0 bridgehead atoms. The van der Waals surface area contributed by atoms with Crippen molar-refractivity contribution in [2.24, 2.45) is 11.8 Å². The molecular formula is C24H25N3O4. The number of imide groups is 1. The second-order valence-electron chi connectivity index (χ2n) is 8.43. The van der Waals surface area contributed by atoms with Gasteiger partial charge in [-0.2, -0.15) is 0 Å². The van der Waals surface area contributed by atoms with Gasteiger partial charge in [0.05, 0.1) is 11.8 Å². The van der Waals surface area contributed by atoms with E-state index in [1.54, 1.807) is 7.11 Å². The highest BCUT2D eigenvalue weighted by Crippen LogP contribution is 2.53. The number of carbonyl (C=O) groups is 3. The number of likely N-dealkylation sites (tertiary alicyclic amines) is 1. The number of rotatable bonds is 6. The molecule has 2 saturated heterocycles. The molecule has 3 amide bonds. The topological polar surface area (TPSA) is 87.7 Å². The van der Waals surface area contributed by atoms with Crippen LogP contribution < -0.4 is 10.6 Å². The largest absolute Gasteiger partial charge is 0.385 e. The summed E-state index contributed by atoms with van der Waals surface area (Å²) in [5.74, 6) is -2.10. The smallest absolute Gasteiger partial charge is 0.250 e. The zero-order valence-electron chi connectivity index (χ0n) is 17.3. The van der Waals surface area contributed by atoms with Crippen LogP contribution in [0.1, 0.15) is 17.5 Å². The molecule has 4 atom stereocenters. The van der Waals surface area contributed by atoms with Crippen molar-refractivity contribution in [2.45, 2.75) is 24.4 Å². The number of nitrogens with zero attached hydrogens (tertiary/aromatic N) is 1. The van der Waals surface area contributed by atoms with E-state index in [-0.39, 0.29) is 23.8 Å². The van der Waals surface area contributed by atoms with Gasteiger partial charge in [-0.3, -0.25) is 24.6 Å². The van der Waals surface area contributed by atoms with E-state index in [2.05, 4.69) is 10.6 Å². The fourth-order valence-corrected chi connectivity index (χ4v) is 5.45. The second kappa shape index (κ2) is 7.59. The first-order valence-electron chi connectivity index (χ1n) is 10.6. The van der Waals surface area contributed by atoms with Crippen molar-refractivity contribution in [1.29, 1.82) is 0 Å². The Balaban J connectivity index is 1.57. The summed E-state index contributed by atoms with van der Waals surface area (Å²) in [5.41, 5.74) is 1.26. The minimum absolute atomic E-state index is 0.200. The number of hydrogen-bond donors (Lipinski definition) is 2. The summed E-state index contributed by atoms with van der Waals surface area (Å²) in [6.45, 7) is 0.766. The number of hydrogen-bond acceptors (Lipinski definition) is 5. The Morgan fingerprint density at radius 2 is 1.74 bits per heavy atom. The Kier molecular flexibility index (Phi) is 4.87. The van der Waals surface area contributed by atoms with E-state index >= 15 is 0 Å². The molecule has 7 nitrogen and oxygen atoms in total. The number of nitrogens with one attached hydrogen (secondary N) is 2. The summed E-state index contributed by atoms with van der Waals surface area (Å²) in [7, 11) is 1.59. The third-order valence-electron chi connectivity index (χ3n) is 6.74. The first kappa shape index (κ1) is 19.9. The van der Waals surface area contributed by atoms with Crippen molar-refractivity contribution in [3.63, 3.8) is 0 Å². The summed E-state index contributed by atoms with van der Waals surface area (Å²) in [4.78, 5) is 41.7. The number of fused-ring (bicyclic) bond motifs is 4.